The molecule has 1 aromatic carbocycles. The van der Waals surface area contributed by atoms with E-state index in [0.29, 0.717) is 17.5 Å². The Kier molecular flexibility index (Phi) is 4.87. The summed E-state index contributed by atoms with van der Waals surface area (Å²) in [5, 5.41) is 12.8. The van der Waals surface area contributed by atoms with Gasteiger partial charge in [0.05, 0.1) is 16.5 Å². The number of fused-ring (bicyclic) bond motifs is 1. The van der Waals surface area contributed by atoms with Crippen LogP contribution in [0.5, 0.6) is 0 Å². The second-order valence-electron chi connectivity index (χ2n) is 9.13. The van der Waals surface area contributed by atoms with Crippen LogP contribution in [0.15, 0.2) is 12.1 Å². The van der Waals surface area contributed by atoms with Gasteiger partial charge in [0.15, 0.2) is 5.82 Å². The highest BCUT2D eigenvalue weighted by molar-refractivity contribution is 5.92. The molecule has 2 N–H and O–H groups in total. The standard InChI is InChI=1S/C21H25F4N3O2/c1-19(2,30)12-9-14(22)17-15(10-12)28(13-5-3-6-13)18(27-17)26-16(29)11-20(7-4-8-20)21(23,24)25/h9-10,13,30H,3-8,11H2,1-2H3,(H,26,27,29). The van der Waals surface area contributed by atoms with Gasteiger partial charge in [0.2, 0.25) is 11.9 Å². The molecule has 0 saturated heterocycles. The van der Waals surface area contributed by atoms with Crippen LogP contribution >= 0.6 is 0 Å². The molecule has 0 spiro atoms. The monoisotopic (exact) mass is 427 g/mol. The molecule has 5 nitrogen and oxygen atoms in total. The summed E-state index contributed by atoms with van der Waals surface area (Å²) in [6.07, 6.45) is -2.23. The number of aromatic nitrogens is 2. The molecule has 9 heteroatoms. The SMILES string of the molecule is CC(C)(O)c1cc(F)c2nc(NC(=O)CC3(C(F)(F)F)CCC3)n(C3CCC3)c2c1. The molecule has 2 aliphatic rings. The van der Waals surface area contributed by atoms with Crippen LogP contribution in [0.25, 0.3) is 11.0 Å². The van der Waals surface area contributed by atoms with Crippen LogP contribution in [0.4, 0.5) is 23.5 Å². The normalized spacial score (nSPS) is 19.4. The van der Waals surface area contributed by atoms with Crippen molar-refractivity contribution >= 4 is 22.9 Å². The van der Waals surface area contributed by atoms with Crippen molar-refractivity contribution in [3.63, 3.8) is 0 Å². The quantitative estimate of drug-likeness (QED) is 0.646. The summed E-state index contributed by atoms with van der Waals surface area (Å²) >= 11 is 0. The van der Waals surface area contributed by atoms with Gasteiger partial charge < -0.3 is 9.67 Å². The second kappa shape index (κ2) is 6.93. The number of rotatable bonds is 5. The van der Waals surface area contributed by atoms with Crippen LogP contribution in [0, 0.1) is 11.2 Å². The highest BCUT2D eigenvalue weighted by atomic mass is 19.4. The number of carbonyl (C=O) groups is 1. The molecule has 0 bridgehead atoms. The highest BCUT2D eigenvalue weighted by Gasteiger charge is 2.58. The fourth-order valence-corrected chi connectivity index (χ4v) is 4.25. The van der Waals surface area contributed by atoms with Crippen molar-refractivity contribution < 1.29 is 27.5 Å². The largest absolute Gasteiger partial charge is 0.395 e. The number of anilines is 1. The predicted molar refractivity (Wildman–Crippen MR) is 103 cm³/mol. The fraction of sp³-hybridized carbons (Fsp3) is 0.619. The van der Waals surface area contributed by atoms with Gasteiger partial charge in [-0.1, -0.05) is 6.42 Å². The predicted octanol–water partition coefficient (Wildman–Crippen LogP) is 5.19. The maximum atomic E-state index is 14.7. The third-order valence-electron chi connectivity index (χ3n) is 6.56. The van der Waals surface area contributed by atoms with Crippen LogP contribution in [-0.4, -0.2) is 26.7 Å². The molecule has 1 amide bonds. The second-order valence-corrected chi connectivity index (χ2v) is 9.13. The summed E-state index contributed by atoms with van der Waals surface area (Å²) in [5.74, 6) is -1.36. The fourth-order valence-electron chi connectivity index (χ4n) is 4.25. The Bertz CT molecular complexity index is 983. The van der Waals surface area contributed by atoms with E-state index < -0.39 is 35.3 Å². The van der Waals surface area contributed by atoms with E-state index in [4.69, 9.17) is 0 Å². The third-order valence-corrected chi connectivity index (χ3v) is 6.56. The summed E-state index contributed by atoms with van der Waals surface area (Å²) < 4.78 is 56.7. The summed E-state index contributed by atoms with van der Waals surface area (Å²) in [7, 11) is 0. The van der Waals surface area contributed by atoms with Crippen LogP contribution in [0.1, 0.15) is 70.4 Å². The Morgan fingerprint density at radius 2 is 1.93 bits per heavy atom. The van der Waals surface area contributed by atoms with Crippen molar-refractivity contribution in [3.8, 4) is 0 Å². The van der Waals surface area contributed by atoms with Gasteiger partial charge in [0, 0.05) is 12.5 Å². The lowest BCUT2D eigenvalue weighted by Crippen LogP contribution is -2.46. The number of aliphatic hydroxyl groups is 1. The summed E-state index contributed by atoms with van der Waals surface area (Å²) in [5.41, 5.74) is -2.46. The van der Waals surface area contributed by atoms with E-state index in [2.05, 4.69) is 10.3 Å². The molecule has 0 atom stereocenters. The van der Waals surface area contributed by atoms with Gasteiger partial charge in [-0.05, 0) is 63.6 Å². The smallest absolute Gasteiger partial charge is 0.386 e. The highest BCUT2D eigenvalue weighted by Crippen LogP contribution is 2.55. The summed E-state index contributed by atoms with van der Waals surface area (Å²) in [6, 6.07) is 2.80. The van der Waals surface area contributed by atoms with Gasteiger partial charge in [-0.3, -0.25) is 10.1 Å². The zero-order chi connectivity index (χ0) is 21.9. The first-order valence-electron chi connectivity index (χ1n) is 10.2. The molecule has 2 aromatic rings. The van der Waals surface area contributed by atoms with Gasteiger partial charge in [-0.25, -0.2) is 9.37 Å². The molecular formula is C21H25F4N3O2. The number of hydrogen-bond acceptors (Lipinski definition) is 3. The molecule has 164 valence electrons. The number of imidazole rings is 1. The lowest BCUT2D eigenvalue weighted by atomic mass is 9.66. The van der Waals surface area contributed by atoms with E-state index in [9.17, 15) is 27.5 Å². The van der Waals surface area contributed by atoms with E-state index in [0.717, 1.165) is 19.3 Å². The van der Waals surface area contributed by atoms with Crippen molar-refractivity contribution in [1.29, 1.82) is 0 Å². The lowest BCUT2D eigenvalue weighted by molar-refractivity contribution is -0.251. The molecule has 30 heavy (non-hydrogen) atoms. The van der Waals surface area contributed by atoms with Gasteiger partial charge >= 0.3 is 6.18 Å². The zero-order valence-corrected chi connectivity index (χ0v) is 16.9. The van der Waals surface area contributed by atoms with Crippen LogP contribution in [-0.2, 0) is 10.4 Å². The minimum Gasteiger partial charge on any atom is -0.386 e. The van der Waals surface area contributed by atoms with Crippen molar-refractivity contribution in [2.75, 3.05) is 5.32 Å². The molecule has 1 heterocycles. The van der Waals surface area contributed by atoms with Crippen molar-refractivity contribution in [3.05, 3.63) is 23.5 Å². The molecule has 4 rings (SSSR count). The number of amides is 1. The molecule has 0 radical (unpaired) electrons. The Labute approximate surface area is 171 Å². The topological polar surface area (TPSA) is 67.2 Å². The van der Waals surface area contributed by atoms with Crippen molar-refractivity contribution in [2.24, 2.45) is 5.41 Å². The zero-order valence-electron chi connectivity index (χ0n) is 16.9. The van der Waals surface area contributed by atoms with Crippen LogP contribution in [0.2, 0.25) is 0 Å². The number of carbonyl (C=O) groups excluding carboxylic acids is 1. The molecule has 2 saturated carbocycles. The van der Waals surface area contributed by atoms with Crippen LogP contribution in [0.3, 0.4) is 0 Å². The number of benzene rings is 1. The lowest BCUT2D eigenvalue weighted by Gasteiger charge is -2.42. The molecule has 1 aromatic heterocycles. The van der Waals surface area contributed by atoms with Gasteiger partial charge in [-0.2, -0.15) is 13.2 Å². The Morgan fingerprint density at radius 1 is 1.27 bits per heavy atom. The number of hydrogen-bond donors (Lipinski definition) is 2. The maximum absolute atomic E-state index is 14.7. The number of alkyl halides is 3. The number of nitrogens with zero attached hydrogens (tertiary/aromatic N) is 2. The molecule has 2 fully saturated rings. The molecule has 2 aliphatic carbocycles. The molecule has 0 aliphatic heterocycles. The first kappa shape index (κ1) is 21.1. The van der Waals surface area contributed by atoms with Crippen molar-refractivity contribution in [2.45, 2.75) is 76.6 Å². The number of nitrogens with one attached hydrogen (secondary N) is 1. The number of halogens is 4. The summed E-state index contributed by atoms with van der Waals surface area (Å²) in [4.78, 5) is 16.7. The third kappa shape index (κ3) is 3.46. The average Bonchev–Trinajstić information content (AvgIpc) is 2.86. The minimum atomic E-state index is -4.44. The summed E-state index contributed by atoms with van der Waals surface area (Å²) in [6.45, 7) is 3.07. The van der Waals surface area contributed by atoms with E-state index >= 15 is 0 Å². The van der Waals surface area contributed by atoms with Crippen molar-refractivity contribution in [1.82, 2.24) is 9.55 Å². The maximum Gasteiger partial charge on any atom is 0.395 e. The van der Waals surface area contributed by atoms with E-state index in [1.807, 2.05) is 0 Å². The van der Waals surface area contributed by atoms with Crippen LogP contribution < -0.4 is 5.32 Å². The Hall–Kier alpha value is -2.16. The molecule has 0 unspecified atom stereocenters. The van der Waals surface area contributed by atoms with E-state index in [1.165, 1.54) is 19.9 Å². The average molecular weight is 427 g/mol. The van der Waals surface area contributed by atoms with E-state index in [-0.39, 0.29) is 30.3 Å². The van der Waals surface area contributed by atoms with Gasteiger partial charge in [0.25, 0.3) is 0 Å². The Balaban J connectivity index is 1.70. The minimum absolute atomic E-state index is 0.0259. The van der Waals surface area contributed by atoms with Gasteiger partial charge in [-0.15, -0.1) is 0 Å². The van der Waals surface area contributed by atoms with E-state index in [1.54, 1.807) is 10.6 Å². The first-order chi connectivity index (χ1) is 13.9. The van der Waals surface area contributed by atoms with Gasteiger partial charge in [0.1, 0.15) is 5.52 Å². The first-order valence-corrected chi connectivity index (χ1v) is 10.2. The Morgan fingerprint density at radius 3 is 2.40 bits per heavy atom. The molecular weight excluding hydrogens is 402 g/mol.